The van der Waals surface area contributed by atoms with Crippen LogP contribution in [0.5, 0.6) is 0 Å². The van der Waals surface area contributed by atoms with Crippen molar-refractivity contribution in [3.05, 3.63) is 42.1 Å². The fourth-order valence-corrected chi connectivity index (χ4v) is 2.76. The van der Waals surface area contributed by atoms with E-state index in [9.17, 15) is 5.11 Å². The summed E-state index contributed by atoms with van der Waals surface area (Å²) in [7, 11) is 0. The van der Waals surface area contributed by atoms with Gasteiger partial charge in [-0.2, -0.15) is 0 Å². The molecule has 0 aliphatic heterocycles. The van der Waals surface area contributed by atoms with Crippen molar-refractivity contribution in [2.75, 3.05) is 0 Å². The first-order chi connectivity index (χ1) is 8.67. The minimum Gasteiger partial charge on any atom is -0.385 e. The van der Waals surface area contributed by atoms with Gasteiger partial charge in [0.1, 0.15) is 0 Å². The smallest absolute Gasteiger partial charge is 0.0898 e. The molecular formula is C15H18N2O. The summed E-state index contributed by atoms with van der Waals surface area (Å²) in [6, 6.07) is 10.3. The topological polar surface area (TPSA) is 59.1 Å². The summed E-state index contributed by atoms with van der Waals surface area (Å²) in [6.45, 7) is 0. The highest BCUT2D eigenvalue weighted by Gasteiger charge is 2.33. The lowest BCUT2D eigenvalue weighted by atomic mass is 9.78. The van der Waals surface area contributed by atoms with Gasteiger partial charge >= 0.3 is 0 Å². The van der Waals surface area contributed by atoms with Crippen LogP contribution < -0.4 is 5.73 Å². The second-order valence-corrected chi connectivity index (χ2v) is 5.28. The van der Waals surface area contributed by atoms with Crippen molar-refractivity contribution in [3.8, 4) is 0 Å². The molecule has 18 heavy (non-hydrogen) atoms. The second kappa shape index (κ2) is 4.34. The largest absolute Gasteiger partial charge is 0.385 e. The first-order valence-corrected chi connectivity index (χ1v) is 6.51. The molecule has 1 aromatic heterocycles. The molecule has 3 rings (SSSR count). The van der Waals surface area contributed by atoms with Crippen LogP contribution in [0.4, 0.5) is 0 Å². The van der Waals surface area contributed by atoms with E-state index in [4.69, 9.17) is 5.73 Å². The third kappa shape index (κ3) is 2.00. The van der Waals surface area contributed by atoms with Crippen molar-refractivity contribution in [2.45, 2.75) is 37.3 Å². The number of fused-ring (bicyclic) bond motifs is 1. The van der Waals surface area contributed by atoms with Gasteiger partial charge in [-0.1, -0.05) is 18.2 Å². The minimum absolute atomic E-state index is 0.240. The first-order valence-electron chi connectivity index (χ1n) is 6.51. The number of benzene rings is 1. The van der Waals surface area contributed by atoms with Gasteiger partial charge in [0, 0.05) is 17.6 Å². The molecule has 3 N–H and O–H groups in total. The van der Waals surface area contributed by atoms with Crippen LogP contribution in [0.3, 0.4) is 0 Å². The molecule has 2 aromatic rings. The van der Waals surface area contributed by atoms with E-state index in [-0.39, 0.29) is 6.04 Å². The Balaban J connectivity index is 1.98. The SMILES string of the molecule is NC1CCC(O)(c2ccc3cccnc3c2)CC1. The molecule has 0 spiro atoms. The van der Waals surface area contributed by atoms with Crippen LogP contribution in [0.2, 0.25) is 0 Å². The number of hydrogen-bond acceptors (Lipinski definition) is 3. The van der Waals surface area contributed by atoms with Gasteiger partial charge in [-0.05, 0) is 43.4 Å². The highest BCUT2D eigenvalue weighted by Crippen LogP contribution is 2.37. The maximum Gasteiger partial charge on any atom is 0.0898 e. The quantitative estimate of drug-likeness (QED) is 0.806. The Bertz CT molecular complexity index is 559. The van der Waals surface area contributed by atoms with E-state index < -0.39 is 5.60 Å². The molecule has 0 radical (unpaired) electrons. The number of aliphatic hydroxyl groups is 1. The Morgan fingerprint density at radius 1 is 1.22 bits per heavy atom. The normalized spacial score (nSPS) is 28.4. The molecule has 94 valence electrons. The molecule has 1 heterocycles. The van der Waals surface area contributed by atoms with Crippen molar-refractivity contribution >= 4 is 10.9 Å². The summed E-state index contributed by atoms with van der Waals surface area (Å²) in [5.41, 5.74) is 7.10. The molecule has 0 bridgehead atoms. The van der Waals surface area contributed by atoms with Crippen LogP contribution in [0.25, 0.3) is 10.9 Å². The fraction of sp³-hybridized carbons (Fsp3) is 0.400. The third-order valence-corrected chi connectivity index (χ3v) is 4.00. The Morgan fingerprint density at radius 2 is 2.00 bits per heavy atom. The molecule has 3 nitrogen and oxygen atoms in total. The molecule has 1 fully saturated rings. The van der Waals surface area contributed by atoms with Crippen LogP contribution in [-0.2, 0) is 5.60 Å². The van der Waals surface area contributed by atoms with E-state index in [1.807, 2.05) is 30.3 Å². The van der Waals surface area contributed by atoms with Crippen LogP contribution in [0.1, 0.15) is 31.2 Å². The molecule has 0 atom stereocenters. The summed E-state index contributed by atoms with van der Waals surface area (Å²) in [5.74, 6) is 0. The van der Waals surface area contributed by atoms with E-state index in [0.717, 1.165) is 42.1 Å². The van der Waals surface area contributed by atoms with Gasteiger partial charge in [0.2, 0.25) is 0 Å². The lowest BCUT2D eigenvalue weighted by Gasteiger charge is -2.35. The van der Waals surface area contributed by atoms with Crippen LogP contribution in [-0.4, -0.2) is 16.1 Å². The Labute approximate surface area is 107 Å². The highest BCUT2D eigenvalue weighted by atomic mass is 16.3. The summed E-state index contributed by atoms with van der Waals surface area (Å²) in [5, 5.41) is 11.8. The van der Waals surface area contributed by atoms with Crippen LogP contribution >= 0.6 is 0 Å². The fourth-order valence-electron chi connectivity index (χ4n) is 2.76. The van der Waals surface area contributed by atoms with E-state index in [1.165, 1.54) is 0 Å². The average molecular weight is 242 g/mol. The third-order valence-electron chi connectivity index (χ3n) is 4.00. The molecule has 0 saturated heterocycles. The summed E-state index contributed by atoms with van der Waals surface area (Å²) in [4.78, 5) is 4.35. The van der Waals surface area contributed by atoms with E-state index in [2.05, 4.69) is 4.98 Å². The van der Waals surface area contributed by atoms with Crippen LogP contribution in [0.15, 0.2) is 36.5 Å². The van der Waals surface area contributed by atoms with Gasteiger partial charge in [-0.15, -0.1) is 0 Å². The number of hydrogen-bond donors (Lipinski definition) is 2. The Morgan fingerprint density at radius 3 is 2.78 bits per heavy atom. The van der Waals surface area contributed by atoms with E-state index >= 15 is 0 Å². The molecule has 1 aromatic carbocycles. The molecule has 0 amide bonds. The zero-order valence-electron chi connectivity index (χ0n) is 10.3. The maximum atomic E-state index is 10.7. The van der Waals surface area contributed by atoms with Crippen molar-refractivity contribution in [1.82, 2.24) is 4.98 Å². The maximum absolute atomic E-state index is 10.7. The van der Waals surface area contributed by atoms with Gasteiger partial charge in [0.25, 0.3) is 0 Å². The monoisotopic (exact) mass is 242 g/mol. The highest BCUT2D eigenvalue weighted by molar-refractivity contribution is 5.79. The number of nitrogens with zero attached hydrogens (tertiary/aromatic N) is 1. The summed E-state index contributed by atoms with van der Waals surface area (Å²) < 4.78 is 0. The van der Waals surface area contributed by atoms with Crippen molar-refractivity contribution < 1.29 is 5.11 Å². The standard InChI is InChI=1S/C15H18N2O/c16-13-5-7-15(18,8-6-13)12-4-3-11-2-1-9-17-14(11)10-12/h1-4,9-10,13,18H,5-8,16H2. The first kappa shape index (κ1) is 11.6. The van der Waals surface area contributed by atoms with E-state index in [1.54, 1.807) is 6.20 Å². The Hall–Kier alpha value is -1.45. The predicted molar refractivity (Wildman–Crippen MR) is 72.1 cm³/mol. The number of pyridine rings is 1. The average Bonchev–Trinajstić information content (AvgIpc) is 2.42. The summed E-state index contributed by atoms with van der Waals surface area (Å²) >= 11 is 0. The zero-order valence-corrected chi connectivity index (χ0v) is 10.3. The number of rotatable bonds is 1. The van der Waals surface area contributed by atoms with Gasteiger partial charge in [0.15, 0.2) is 0 Å². The van der Waals surface area contributed by atoms with Gasteiger partial charge in [-0.25, -0.2) is 0 Å². The molecule has 1 aliphatic rings. The molecular weight excluding hydrogens is 224 g/mol. The summed E-state index contributed by atoms with van der Waals surface area (Å²) in [6.07, 6.45) is 5.04. The molecule has 1 aliphatic carbocycles. The zero-order chi connectivity index (χ0) is 12.6. The number of nitrogens with two attached hydrogens (primary N) is 1. The van der Waals surface area contributed by atoms with Gasteiger partial charge < -0.3 is 10.8 Å². The van der Waals surface area contributed by atoms with Crippen LogP contribution in [0, 0.1) is 0 Å². The molecule has 1 saturated carbocycles. The Kier molecular flexibility index (Phi) is 2.80. The predicted octanol–water partition coefficient (Wildman–Crippen LogP) is 2.32. The van der Waals surface area contributed by atoms with Gasteiger partial charge in [0.05, 0.1) is 11.1 Å². The van der Waals surface area contributed by atoms with Gasteiger partial charge in [-0.3, -0.25) is 4.98 Å². The molecule has 0 unspecified atom stereocenters. The molecule has 3 heteroatoms. The lowest BCUT2D eigenvalue weighted by molar-refractivity contribution is -0.00485. The van der Waals surface area contributed by atoms with Crippen molar-refractivity contribution in [1.29, 1.82) is 0 Å². The van der Waals surface area contributed by atoms with Crippen molar-refractivity contribution in [2.24, 2.45) is 5.73 Å². The lowest BCUT2D eigenvalue weighted by Crippen LogP contribution is -2.36. The van der Waals surface area contributed by atoms with Crippen molar-refractivity contribution in [3.63, 3.8) is 0 Å². The van der Waals surface area contributed by atoms with E-state index in [0.29, 0.717) is 0 Å². The second-order valence-electron chi connectivity index (χ2n) is 5.28. The number of aromatic nitrogens is 1. The minimum atomic E-state index is -0.721.